The molecule has 72 valence electrons. The molecule has 1 aromatic rings. The Balaban J connectivity index is 2.65. The first-order chi connectivity index (χ1) is 6.74. The van der Waals surface area contributed by atoms with Crippen molar-refractivity contribution in [3.05, 3.63) is 42.0 Å². The summed E-state index contributed by atoms with van der Waals surface area (Å²) in [4.78, 5) is 10.8. The summed E-state index contributed by atoms with van der Waals surface area (Å²) >= 11 is 0. The highest BCUT2D eigenvalue weighted by Gasteiger charge is 2.03. The Hall–Kier alpha value is -1.90. The number of esters is 1. The van der Waals surface area contributed by atoms with E-state index in [-0.39, 0.29) is 5.71 Å². The third-order valence-electron chi connectivity index (χ3n) is 1.65. The van der Waals surface area contributed by atoms with Gasteiger partial charge in [0, 0.05) is 0 Å². The molecule has 1 aromatic carbocycles. The zero-order valence-electron chi connectivity index (χ0n) is 7.86. The lowest BCUT2D eigenvalue weighted by Crippen LogP contribution is -2.11. The first-order valence-electron chi connectivity index (χ1n) is 4.14. The molecule has 0 heterocycles. The van der Waals surface area contributed by atoms with Crippen molar-refractivity contribution in [3.8, 4) is 0 Å². The van der Waals surface area contributed by atoms with Gasteiger partial charge in [-0.1, -0.05) is 36.4 Å². The van der Waals surface area contributed by atoms with Crippen molar-refractivity contribution < 1.29 is 9.53 Å². The van der Waals surface area contributed by atoms with Gasteiger partial charge in [0.2, 0.25) is 0 Å². The standard InChI is InChI=1S/C11H11NO2/c1-14-11(13)10(12)8-7-9-5-3-2-4-6-9/h2-8,12H,1H3/b8-7+,12-10?. The highest BCUT2D eigenvalue weighted by Crippen LogP contribution is 2.00. The second-order valence-corrected chi connectivity index (χ2v) is 2.65. The molecule has 0 fully saturated rings. The van der Waals surface area contributed by atoms with Crippen LogP contribution in [0.5, 0.6) is 0 Å². The molecule has 0 aliphatic heterocycles. The van der Waals surface area contributed by atoms with Crippen LogP contribution in [0.4, 0.5) is 0 Å². The van der Waals surface area contributed by atoms with E-state index in [0.717, 1.165) is 5.56 Å². The predicted octanol–water partition coefficient (Wildman–Crippen LogP) is 1.89. The molecule has 0 spiro atoms. The normalized spacial score (nSPS) is 10.1. The number of nitrogens with one attached hydrogen (secondary N) is 1. The van der Waals surface area contributed by atoms with Crippen molar-refractivity contribution in [2.45, 2.75) is 0 Å². The molecule has 1 rings (SSSR count). The van der Waals surface area contributed by atoms with E-state index in [4.69, 9.17) is 5.41 Å². The largest absolute Gasteiger partial charge is 0.464 e. The fourth-order valence-electron chi connectivity index (χ4n) is 0.922. The van der Waals surface area contributed by atoms with Crippen molar-refractivity contribution >= 4 is 17.8 Å². The van der Waals surface area contributed by atoms with E-state index >= 15 is 0 Å². The van der Waals surface area contributed by atoms with Gasteiger partial charge in [0.15, 0.2) is 0 Å². The van der Waals surface area contributed by atoms with Gasteiger partial charge >= 0.3 is 5.97 Å². The van der Waals surface area contributed by atoms with Crippen LogP contribution in [-0.2, 0) is 9.53 Å². The SMILES string of the molecule is COC(=O)C(=N)/C=C/c1ccccc1. The molecule has 0 bridgehead atoms. The number of ether oxygens (including phenoxy) is 1. The first-order valence-corrected chi connectivity index (χ1v) is 4.14. The van der Waals surface area contributed by atoms with Gasteiger partial charge in [-0.05, 0) is 11.6 Å². The van der Waals surface area contributed by atoms with E-state index in [1.165, 1.54) is 13.2 Å². The maximum absolute atomic E-state index is 10.8. The Kier molecular flexibility index (Phi) is 3.61. The fraction of sp³-hybridized carbons (Fsp3) is 0.0909. The van der Waals surface area contributed by atoms with Gasteiger partial charge in [-0.25, -0.2) is 4.79 Å². The Labute approximate surface area is 82.5 Å². The Morgan fingerprint density at radius 1 is 1.36 bits per heavy atom. The molecule has 0 saturated carbocycles. The molecule has 14 heavy (non-hydrogen) atoms. The third-order valence-corrected chi connectivity index (χ3v) is 1.65. The Morgan fingerprint density at radius 2 is 2.00 bits per heavy atom. The minimum Gasteiger partial charge on any atom is -0.464 e. The summed E-state index contributed by atoms with van der Waals surface area (Å²) in [7, 11) is 1.26. The molecule has 0 radical (unpaired) electrons. The van der Waals surface area contributed by atoms with Gasteiger partial charge < -0.3 is 4.74 Å². The molecule has 0 aliphatic carbocycles. The van der Waals surface area contributed by atoms with Crippen molar-refractivity contribution in [1.82, 2.24) is 0 Å². The molecule has 0 amide bonds. The quantitative estimate of drug-likeness (QED) is 0.583. The van der Waals surface area contributed by atoms with Crippen LogP contribution in [0.2, 0.25) is 0 Å². The summed E-state index contributed by atoms with van der Waals surface area (Å²) < 4.78 is 4.39. The highest BCUT2D eigenvalue weighted by atomic mass is 16.5. The minimum atomic E-state index is -0.628. The molecule has 3 heteroatoms. The lowest BCUT2D eigenvalue weighted by atomic mass is 10.2. The molecule has 0 saturated heterocycles. The summed E-state index contributed by atoms with van der Waals surface area (Å²) in [6, 6.07) is 9.47. The highest BCUT2D eigenvalue weighted by molar-refractivity contribution is 6.40. The van der Waals surface area contributed by atoms with E-state index < -0.39 is 5.97 Å². The van der Waals surface area contributed by atoms with Gasteiger partial charge in [-0.15, -0.1) is 0 Å². The van der Waals surface area contributed by atoms with Crippen LogP contribution >= 0.6 is 0 Å². The molecule has 3 nitrogen and oxygen atoms in total. The predicted molar refractivity (Wildman–Crippen MR) is 55.2 cm³/mol. The number of benzene rings is 1. The summed E-state index contributed by atoms with van der Waals surface area (Å²) in [5.74, 6) is -0.628. The zero-order valence-corrected chi connectivity index (χ0v) is 7.86. The zero-order chi connectivity index (χ0) is 10.4. The summed E-state index contributed by atoms with van der Waals surface area (Å²) in [6.45, 7) is 0. The van der Waals surface area contributed by atoms with Crippen LogP contribution < -0.4 is 0 Å². The summed E-state index contributed by atoms with van der Waals surface area (Å²) in [6.07, 6.45) is 3.11. The van der Waals surface area contributed by atoms with Gasteiger partial charge in [0.25, 0.3) is 0 Å². The lowest BCUT2D eigenvalue weighted by Gasteiger charge is -1.94. The number of carbonyl (C=O) groups excluding carboxylic acids is 1. The van der Waals surface area contributed by atoms with Crippen molar-refractivity contribution in [2.24, 2.45) is 0 Å². The minimum absolute atomic E-state index is 0.156. The average molecular weight is 189 g/mol. The van der Waals surface area contributed by atoms with E-state index in [9.17, 15) is 4.79 Å². The number of hydrogen-bond acceptors (Lipinski definition) is 3. The molecule has 0 aliphatic rings. The Morgan fingerprint density at radius 3 is 2.57 bits per heavy atom. The van der Waals surface area contributed by atoms with E-state index in [2.05, 4.69) is 4.74 Å². The summed E-state index contributed by atoms with van der Waals surface area (Å²) in [5, 5.41) is 7.28. The van der Waals surface area contributed by atoms with Crippen LogP contribution in [0.3, 0.4) is 0 Å². The van der Waals surface area contributed by atoms with E-state index in [0.29, 0.717) is 0 Å². The van der Waals surface area contributed by atoms with Crippen LogP contribution in [0.25, 0.3) is 6.08 Å². The molecular weight excluding hydrogens is 178 g/mol. The van der Waals surface area contributed by atoms with Crippen LogP contribution in [-0.4, -0.2) is 18.8 Å². The molecular formula is C11H11NO2. The average Bonchev–Trinajstić information content (AvgIpc) is 2.26. The second kappa shape index (κ2) is 4.97. The fourth-order valence-corrected chi connectivity index (χ4v) is 0.922. The van der Waals surface area contributed by atoms with Crippen LogP contribution in [0.1, 0.15) is 5.56 Å². The van der Waals surface area contributed by atoms with Crippen LogP contribution in [0, 0.1) is 5.41 Å². The van der Waals surface area contributed by atoms with Gasteiger partial charge in [-0.3, -0.25) is 5.41 Å². The second-order valence-electron chi connectivity index (χ2n) is 2.65. The molecule has 0 unspecified atom stereocenters. The number of carbonyl (C=O) groups is 1. The number of hydrogen-bond donors (Lipinski definition) is 1. The molecule has 0 aromatic heterocycles. The van der Waals surface area contributed by atoms with Gasteiger partial charge in [0.05, 0.1) is 7.11 Å². The topological polar surface area (TPSA) is 50.2 Å². The monoisotopic (exact) mass is 189 g/mol. The maximum Gasteiger partial charge on any atom is 0.355 e. The smallest absolute Gasteiger partial charge is 0.355 e. The first kappa shape index (κ1) is 10.2. The van der Waals surface area contributed by atoms with Crippen molar-refractivity contribution in [3.63, 3.8) is 0 Å². The van der Waals surface area contributed by atoms with Crippen molar-refractivity contribution in [2.75, 3.05) is 7.11 Å². The van der Waals surface area contributed by atoms with E-state index in [1.54, 1.807) is 6.08 Å². The molecule has 1 N–H and O–H groups in total. The third kappa shape index (κ3) is 2.86. The van der Waals surface area contributed by atoms with Gasteiger partial charge in [-0.2, -0.15) is 0 Å². The number of rotatable bonds is 3. The Bertz CT molecular complexity index is 355. The summed E-state index contributed by atoms with van der Waals surface area (Å²) in [5.41, 5.74) is 0.789. The maximum atomic E-state index is 10.8. The van der Waals surface area contributed by atoms with Crippen LogP contribution in [0.15, 0.2) is 36.4 Å². The lowest BCUT2D eigenvalue weighted by molar-refractivity contribution is -0.132. The van der Waals surface area contributed by atoms with Gasteiger partial charge in [0.1, 0.15) is 5.71 Å². The van der Waals surface area contributed by atoms with Crippen molar-refractivity contribution in [1.29, 1.82) is 5.41 Å². The number of methoxy groups -OCH3 is 1. The van der Waals surface area contributed by atoms with E-state index in [1.807, 2.05) is 30.3 Å². The molecule has 0 atom stereocenters.